The van der Waals surface area contributed by atoms with Crippen LogP contribution in [0, 0.1) is 0 Å². The van der Waals surface area contributed by atoms with Crippen LogP contribution in [0.4, 0.5) is 0 Å². The minimum atomic E-state index is -0.634. The number of amides is 2. The largest absolute Gasteiger partial charge is 0.494 e. The average molecular weight is 585 g/mol. The van der Waals surface area contributed by atoms with Gasteiger partial charge >= 0.3 is 0 Å². The molecule has 1 saturated heterocycles. The van der Waals surface area contributed by atoms with Crippen molar-refractivity contribution in [1.29, 1.82) is 0 Å². The molecule has 1 aliphatic rings. The zero-order chi connectivity index (χ0) is 30.3. The lowest BCUT2D eigenvalue weighted by Crippen LogP contribution is -2.50. The molecule has 3 aromatic carbocycles. The summed E-state index contributed by atoms with van der Waals surface area (Å²) in [7, 11) is 0. The Hall–Kier alpha value is -3.68. The molecule has 0 spiro atoms. The Morgan fingerprint density at radius 2 is 1.40 bits per heavy atom. The van der Waals surface area contributed by atoms with Crippen molar-refractivity contribution < 1.29 is 14.3 Å². The lowest BCUT2D eigenvalue weighted by molar-refractivity contribution is -0.133. The summed E-state index contributed by atoms with van der Waals surface area (Å²) in [6.07, 6.45) is 3.16. The summed E-state index contributed by atoms with van der Waals surface area (Å²) < 4.78 is 6.05. The maximum absolute atomic E-state index is 13.5. The minimum absolute atomic E-state index is 0.0331. The van der Waals surface area contributed by atoms with Crippen LogP contribution in [-0.2, 0) is 17.8 Å². The standard InChI is InChI=1S/C36H48N4O3/c1-3-20-40(21-4-2)36(42)34(37-35(41)32-14-9-6-10-15-32)28-30-16-18-33(19-17-30)43-27-11-22-38-23-25-39(26-24-38)29-31-12-7-5-8-13-31/h5-10,12-19,34H,3-4,11,20-29H2,1-2H3,(H,37,41)/t34-/m1/s1. The number of carbonyl (C=O) groups is 2. The van der Waals surface area contributed by atoms with Gasteiger partial charge in [-0.25, -0.2) is 0 Å². The third-order valence-corrected chi connectivity index (χ3v) is 7.90. The molecule has 0 aliphatic carbocycles. The van der Waals surface area contributed by atoms with E-state index in [-0.39, 0.29) is 11.8 Å². The smallest absolute Gasteiger partial charge is 0.251 e. The van der Waals surface area contributed by atoms with Crippen molar-refractivity contribution in [2.24, 2.45) is 0 Å². The molecule has 0 radical (unpaired) electrons. The highest BCUT2D eigenvalue weighted by Gasteiger charge is 2.26. The molecule has 3 aromatic rings. The molecule has 1 N–H and O–H groups in total. The lowest BCUT2D eigenvalue weighted by atomic mass is 10.0. The van der Waals surface area contributed by atoms with E-state index in [1.54, 1.807) is 12.1 Å². The van der Waals surface area contributed by atoms with Gasteiger partial charge in [-0.3, -0.25) is 14.5 Å². The van der Waals surface area contributed by atoms with E-state index in [1.165, 1.54) is 5.56 Å². The van der Waals surface area contributed by atoms with Gasteiger partial charge in [-0.2, -0.15) is 0 Å². The summed E-state index contributed by atoms with van der Waals surface area (Å²) in [5.41, 5.74) is 2.92. The van der Waals surface area contributed by atoms with Gasteiger partial charge in [-0.05, 0) is 54.7 Å². The first-order chi connectivity index (χ1) is 21.1. The molecule has 0 saturated carbocycles. The Bertz CT molecular complexity index is 1220. The van der Waals surface area contributed by atoms with Crippen LogP contribution in [0.25, 0.3) is 0 Å². The number of piperazine rings is 1. The van der Waals surface area contributed by atoms with Crippen LogP contribution >= 0.6 is 0 Å². The SMILES string of the molecule is CCCN(CCC)C(=O)[C@@H](Cc1ccc(OCCCN2CCN(Cc3ccccc3)CC2)cc1)NC(=O)c1ccccc1. The summed E-state index contributed by atoms with van der Waals surface area (Å²) in [5.74, 6) is 0.560. The molecule has 1 atom stereocenters. The molecule has 4 rings (SSSR count). The van der Waals surface area contributed by atoms with E-state index in [1.807, 2.05) is 47.4 Å². The van der Waals surface area contributed by atoms with Gasteiger partial charge < -0.3 is 19.9 Å². The fourth-order valence-electron chi connectivity index (χ4n) is 5.57. The highest BCUT2D eigenvalue weighted by molar-refractivity contribution is 5.97. The Morgan fingerprint density at radius 1 is 0.791 bits per heavy atom. The van der Waals surface area contributed by atoms with Gasteiger partial charge in [0.15, 0.2) is 0 Å². The zero-order valence-corrected chi connectivity index (χ0v) is 25.9. The molecule has 1 aliphatic heterocycles. The Morgan fingerprint density at radius 3 is 2.02 bits per heavy atom. The van der Waals surface area contributed by atoms with Crippen molar-refractivity contribution >= 4 is 11.8 Å². The number of nitrogens with one attached hydrogen (secondary N) is 1. The van der Waals surface area contributed by atoms with Crippen LogP contribution < -0.4 is 10.1 Å². The Kier molecular flexibility index (Phi) is 13.1. The van der Waals surface area contributed by atoms with Crippen LogP contribution in [0.1, 0.15) is 54.6 Å². The van der Waals surface area contributed by atoms with Crippen LogP contribution in [0.15, 0.2) is 84.9 Å². The van der Waals surface area contributed by atoms with Crippen molar-refractivity contribution in [3.8, 4) is 5.75 Å². The normalized spacial score (nSPS) is 14.7. The second kappa shape index (κ2) is 17.4. The molecular weight excluding hydrogens is 536 g/mol. The fraction of sp³-hybridized carbons (Fsp3) is 0.444. The van der Waals surface area contributed by atoms with E-state index >= 15 is 0 Å². The maximum atomic E-state index is 13.5. The lowest BCUT2D eigenvalue weighted by Gasteiger charge is -2.34. The van der Waals surface area contributed by atoms with Crippen molar-refractivity contribution in [2.75, 3.05) is 52.4 Å². The van der Waals surface area contributed by atoms with Crippen LogP contribution in [0.3, 0.4) is 0 Å². The molecule has 1 heterocycles. The Balaban J connectivity index is 1.24. The molecule has 0 unspecified atom stereocenters. The third-order valence-electron chi connectivity index (χ3n) is 7.90. The molecule has 7 heteroatoms. The van der Waals surface area contributed by atoms with Gasteiger partial charge in [0.05, 0.1) is 6.61 Å². The first kappa shape index (κ1) is 32.2. The van der Waals surface area contributed by atoms with Crippen LogP contribution in [-0.4, -0.2) is 85.0 Å². The van der Waals surface area contributed by atoms with E-state index in [0.717, 1.165) is 69.8 Å². The molecule has 2 amide bonds. The first-order valence-corrected chi connectivity index (χ1v) is 15.9. The first-order valence-electron chi connectivity index (χ1n) is 15.9. The molecular formula is C36H48N4O3. The van der Waals surface area contributed by atoms with Gasteiger partial charge in [0.2, 0.25) is 5.91 Å². The fourth-order valence-corrected chi connectivity index (χ4v) is 5.57. The monoisotopic (exact) mass is 584 g/mol. The molecule has 7 nitrogen and oxygen atoms in total. The van der Waals surface area contributed by atoms with Crippen LogP contribution in [0.5, 0.6) is 5.75 Å². The van der Waals surface area contributed by atoms with Gasteiger partial charge in [-0.1, -0.05) is 74.5 Å². The molecule has 0 aromatic heterocycles. The minimum Gasteiger partial charge on any atom is -0.494 e. The summed E-state index contributed by atoms with van der Waals surface area (Å²) in [5, 5.41) is 3.01. The van der Waals surface area contributed by atoms with Gasteiger partial charge in [0.1, 0.15) is 11.8 Å². The van der Waals surface area contributed by atoms with E-state index < -0.39 is 6.04 Å². The summed E-state index contributed by atoms with van der Waals surface area (Å²) in [6.45, 7) is 12.6. The van der Waals surface area contributed by atoms with E-state index in [2.05, 4.69) is 59.3 Å². The number of ether oxygens (including phenoxy) is 1. The second-order valence-corrected chi connectivity index (χ2v) is 11.4. The predicted molar refractivity (Wildman–Crippen MR) is 173 cm³/mol. The van der Waals surface area contributed by atoms with E-state index in [9.17, 15) is 9.59 Å². The quantitative estimate of drug-likeness (QED) is 0.233. The van der Waals surface area contributed by atoms with E-state index in [4.69, 9.17) is 4.74 Å². The molecule has 230 valence electrons. The maximum Gasteiger partial charge on any atom is 0.251 e. The number of nitrogens with zero attached hydrogens (tertiary/aromatic N) is 3. The summed E-state index contributed by atoms with van der Waals surface area (Å²) in [6, 6.07) is 27.1. The number of rotatable bonds is 16. The number of hydrogen-bond acceptors (Lipinski definition) is 5. The van der Waals surface area contributed by atoms with Gasteiger partial charge in [-0.15, -0.1) is 0 Å². The van der Waals surface area contributed by atoms with Crippen molar-refractivity contribution in [1.82, 2.24) is 20.0 Å². The third kappa shape index (κ3) is 10.5. The topological polar surface area (TPSA) is 65.1 Å². The highest BCUT2D eigenvalue weighted by Crippen LogP contribution is 2.16. The number of carbonyl (C=O) groups excluding carboxylic acids is 2. The average Bonchev–Trinajstić information content (AvgIpc) is 3.04. The number of hydrogen-bond donors (Lipinski definition) is 1. The van der Waals surface area contributed by atoms with Gasteiger partial charge in [0, 0.05) is 64.3 Å². The van der Waals surface area contributed by atoms with Crippen molar-refractivity contribution in [3.05, 3.63) is 102 Å². The van der Waals surface area contributed by atoms with Crippen molar-refractivity contribution in [2.45, 2.75) is 52.1 Å². The molecule has 1 fully saturated rings. The zero-order valence-electron chi connectivity index (χ0n) is 25.9. The second-order valence-electron chi connectivity index (χ2n) is 11.4. The summed E-state index contributed by atoms with van der Waals surface area (Å²) >= 11 is 0. The van der Waals surface area contributed by atoms with Gasteiger partial charge in [0.25, 0.3) is 5.91 Å². The molecule has 0 bridgehead atoms. The van der Waals surface area contributed by atoms with Crippen LogP contribution in [0.2, 0.25) is 0 Å². The summed E-state index contributed by atoms with van der Waals surface area (Å²) in [4.78, 5) is 33.5. The van der Waals surface area contributed by atoms with Crippen molar-refractivity contribution in [3.63, 3.8) is 0 Å². The molecule has 43 heavy (non-hydrogen) atoms. The predicted octanol–water partition coefficient (Wildman–Crippen LogP) is 5.26. The van der Waals surface area contributed by atoms with E-state index in [0.29, 0.717) is 31.7 Å². The number of benzene rings is 3. The highest BCUT2D eigenvalue weighted by atomic mass is 16.5. The Labute approximate surface area is 257 Å².